The lowest BCUT2D eigenvalue weighted by Crippen LogP contribution is -2.63. The van der Waals surface area contributed by atoms with Crippen molar-refractivity contribution in [3.63, 3.8) is 0 Å². The molecule has 31 heavy (non-hydrogen) atoms. The van der Waals surface area contributed by atoms with Gasteiger partial charge in [0.1, 0.15) is 12.1 Å². The second kappa shape index (κ2) is 7.54. The number of para-hydroxylation sites is 2. The van der Waals surface area contributed by atoms with Crippen molar-refractivity contribution in [3.8, 4) is 0 Å². The zero-order chi connectivity index (χ0) is 21.5. The van der Waals surface area contributed by atoms with Crippen LogP contribution < -0.4 is 10.6 Å². The topological polar surface area (TPSA) is 76.0 Å². The molecule has 156 valence electrons. The largest absolute Gasteiger partial charge is 0.350 e. The molecule has 0 saturated carbocycles. The molecule has 6 heteroatoms. The summed E-state index contributed by atoms with van der Waals surface area (Å²) in [7, 11) is 1.99. The van der Waals surface area contributed by atoms with Crippen molar-refractivity contribution in [3.05, 3.63) is 78.1 Å². The molecule has 1 saturated heterocycles. The smallest absolute Gasteiger partial charge is 0.243 e. The standard InChI is InChI=1S/C25H24N4O2/c1-15(19-14-29(2)22-10-6-4-8-18(19)22)23-25(31)27-21(24(30)28-23)13-17-12-11-16-7-3-5-9-20(16)26-17/h3-12,14-15,21,23H,13H2,1-2H3,(H,27,31)(H,28,30)/t15-,21+,23-/m1/s1. The Bertz CT molecular complexity index is 1310. The van der Waals surface area contributed by atoms with Crippen LogP contribution in [0.15, 0.2) is 66.9 Å². The van der Waals surface area contributed by atoms with Gasteiger partial charge in [-0.15, -0.1) is 0 Å². The number of benzene rings is 2. The van der Waals surface area contributed by atoms with Crippen LogP contribution in [0.3, 0.4) is 0 Å². The second-order valence-corrected chi connectivity index (χ2v) is 8.25. The summed E-state index contributed by atoms with van der Waals surface area (Å²) in [6.07, 6.45) is 2.40. The van der Waals surface area contributed by atoms with E-state index >= 15 is 0 Å². The van der Waals surface area contributed by atoms with E-state index in [0.717, 1.165) is 33.1 Å². The molecule has 2 aromatic heterocycles. The van der Waals surface area contributed by atoms with Crippen LogP contribution in [-0.2, 0) is 23.1 Å². The molecule has 5 rings (SSSR count). The third-order valence-corrected chi connectivity index (χ3v) is 6.20. The summed E-state index contributed by atoms with van der Waals surface area (Å²) >= 11 is 0. The SMILES string of the molecule is C[C@H](c1cn(C)c2ccccc12)[C@H]1NC(=O)[C@H](Cc2ccc3ccccc3n2)NC1=O. The maximum Gasteiger partial charge on any atom is 0.243 e. The normalized spacial score (nSPS) is 19.9. The van der Waals surface area contributed by atoms with Crippen LogP contribution in [0.2, 0.25) is 0 Å². The van der Waals surface area contributed by atoms with Gasteiger partial charge in [0.25, 0.3) is 0 Å². The summed E-state index contributed by atoms with van der Waals surface area (Å²) < 4.78 is 2.05. The van der Waals surface area contributed by atoms with Crippen molar-refractivity contribution in [1.82, 2.24) is 20.2 Å². The number of aromatic nitrogens is 2. The number of carbonyl (C=O) groups is 2. The Morgan fingerprint density at radius 3 is 2.61 bits per heavy atom. The number of carbonyl (C=O) groups excluding carboxylic acids is 2. The van der Waals surface area contributed by atoms with Gasteiger partial charge in [0, 0.05) is 47.6 Å². The fraction of sp³-hybridized carbons (Fsp3) is 0.240. The van der Waals surface area contributed by atoms with Gasteiger partial charge in [-0.2, -0.15) is 0 Å². The molecule has 3 heterocycles. The maximum atomic E-state index is 13.0. The first kappa shape index (κ1) is 19.3. The molecule has 1 fully saturated rings. The summed E-state index contributed by atoms with van der Waals surface area (Å²) in [4.78, 5) is 30.5. The summed E-state index contributed by atoms with van der Waals surface area (Å²) in [5.74, 6) is -0.493. The molecule has 1 aliphatic rings. The van der Waals surface area contributed by atoms with Gasteiger partial charge in [-0.25, -0.2) is 0 Å². The molecule has 3 atom stereocenters. The van der Waals surface area contributed by atoms with E-state index in [1.807, 2.05) is 68.7 Å². The number of nitrogens with zero attached hydrogens (tertiary/aromatic N) is 2. The van der Waals surface area contributed by atoms with Crippen molar-refractivity contribution in [2.24, 2.45) is 7.05 Å². The van der Waals surface area contributed by atoms with E-state index in [4.69, 9.17) is 0 Å². The third-order valence-electron chi connectivity index (χ3n) is 6.20. The van der Waals surface area contributed by atoms with Crippen LogP contribution in [0.25, 0.3) is 21.8 Å². The molecule has 0 aliphatic carbocycles. The van der Waals surface area contributed by atoms with Crippen molar-refractivity contribution in [1.29, 1.82) is 0 Å². The number of nitrogens with one attached hydrogen (secondary N) is 2. The minimum atomic E-state index is -0.628. The maximum absolute atomic E-state index is 13.0. The van der Waals surface area contributed by atoms with E-state index < -0.39 is 12.1 Å². The fourth-order valence-electron chi connectivity index (χ4n) is 4.49. The highest BCUT2D eigenvalue weighted by Crippen LogP contribution is 2.30. The molecule has 2 amide bonds. The van der Waals surface area contributed by atoms with Gasteiger partial charge in [0.15, 0.2) is 0 Å². The Labute approximate surface area is 180 Å². The van der Waals surface area contributed by atoms with E-state index in [2.05, 4.69) is 32.3 Å². The number of hydrogen-bond donors (Lipinski definition) is 2. The van der Waals surface area contributed by atoms with Crippen molar-refractivity contribution < 1.29 is 9.59 Å². The molecular weight excluding hydrogens is 388 g/mol. The lowest BCUT2D eigenvalue weighted by atomic mass is 9.90. The summed E-state index contributed by atoms with van der Waals surface area (Å²) in [5.41, 5.74) is 3.81. The summed E-state index contributed by atoms with van der Waals surface area (Å²) in [6, 6.07) is 18.6. The van der Waals surface area contributed by atoms with Gasteiger partial charge in [-0.3, -0.25) is 14.6 Å². The Morgan fingerprint density at radius 1 is 0.968 bits per heavy atom. The van der Waals surface area contributed by atoms with Gasteiger partial charge in [-0.05, 0) is 23.8 Å². The average Bonchev–Trinajstić information content (AvgIpc) is 3.12. The highest BCUT2D eigenvalue weighted by atomic mass is 16.2. The highest BCUT2D eigenvalue weighted by molar-refractivity contribution is 5.98. The zero-order valence-electron chi connectivity index (χ0n) is 17.5. The number of fused-ring (bicyclic) bond motifs is 2. The summed E-state index contributed by atoms with van der Waals surface area (Å²) in [5, 5.41) is 8.03. The first-order valence-corrected chi connectivity index (χ1v) is 10.5. The predicted octanol–water partition coefficient (Wildman–Crippen LogP) is 3.06. The van der Waals surface area contributed by atoms with E-state index in [9.17, 15) is 9.59 Å². The number of piperazine rings is 1. The molecule has 2 N–H and O–H groups in total. The molecule has 6 nitrogen and oxygen atoms in total. The Hall–Kier alpha value is -3.67. The lowest BCUT2D eigenvalue weighted by Gasteiger charge is -2.32. The Kier molecular flexibility index (Phi) is 4.70. The van der Waals surface area contributed by atoms with Gasteiger partial charge in [0.05, 0.1) is 5.52 Å². The minimum Gasteiger partial charge on any atom is -0.350 e. The van der Waals surface area contributed by atoms with Crippen molar-refractivity contribution in [2.45, 2.75) is 31.3 Å². The number of aryl methyl sites for hydroxylation is 1. The van der Waals surface area contributed by atoms with Crippen molar-refractivity contribution >= 4 is 33.6 Å². The number of pyridine rings is 1. The number of rotatable bonds is 4. The van der Waals surface area contributed by atoms with Gasteiger partial charge < -0.3 is 15.2 Å². The molecule has 0 unspecified atom stereocenters. The highest BCUT2D eigenvalue weighted by Gasteiger charge is 2.38. The van der Waals surface area contributed by atoms with E-state index in [0.29, 0.717) is 6.42 Å². The molecule has 1 aliphatic heterocycles. The molecular formula is C25H24N4O2. The predicted molar refractivity (Wildman–Crippen MR) is 121 cm³/mol. The van der Waals surface area contributed by atoms with Crippen LogP contribution in [0, 0.1) is 0 Å². The quantitative estimate of drug-likeness (QED) is 0.541. The average molecular weight is 412 g/mol. The Morgan fingerprint density at radius 2 is 1.74 bits per heavy atom. The molecule has 0 bridgehead atoms. The molecule has 0 spiro atoms. The van der Waals surface area contributed by atoms with Crippen LogP contribution in [0.4, 0.5) is 0 Å². The third kappa shape index (κ3) is 3.44. The first-order valence-electron chi connectivity index (χ1n) is 10.5. The molecule has 4 aromatic rings. The minimum absolute atomic E-state index is 0.158. The van der Waals surface area contributed by atoms with Crippen LogP contribution >= 0.6 is 0 Å². The summed E-state index contributed by atoms with van der Waals surface area (Å²) in [6.45, 7) is 1.98. The van der Waals surface area contributed by atoms with Crippen LogP contribution in [0.5, 0.6) is 0 Å². The number of amides is 2. The van der Waals surface area contributed by atoms with Crippen molar-refractivity contribution in [2.75, 3.05) is 0 Å². The monoisotopic (exact) mass is 412 g/mol. The fourth-order valence-corrected chi connectivity index (χ4v) is 4.49. The molecule has 0 radical (unpaired) electrons. The van der Waals surface area contributed by atoms with E-state index in [1.54, 1.807) is 0 Å². The van der Waals surface area contributed by atoms with E-state index in [1.165, 1.54) is 0 Å². The number of hydrogen-bond acceptors (Lipinski definition) is 3. The van der Waals surface area contributed by atoms with Gasteiger partial charge >= 0.3 is 0 Å². The second-order valence-electron chi connectivity index (χ2n) is 8.25. The first-order chi connectivity index (χ1) is 15.0. The van der Waals surface area contributed by atoms with Gasteiger partial charge in [0.2, 0.25) is 11.8 Å². The van der Waals surface area contributed by atoms with Crippen LogP contribution in [-0.4, -0.2) is 33.4 Å². The Balaban J connectivity index is 1.35. The molecule has 2 aromatic carbocycles. The van der Waals surface area contributed by atoms with E-state index in [-0.39, 0.29) is 17.7 Å². The lowest BCUT2D eigenvalue weighted by molar-refractivity contribution is -0.137. The van der Waals surface area contributed by atoms with Crippen LogP contribution in [0.1, 0.15) is 24.1 Å². The zero-order valence-corrected chi connectivity index (χ0v) is 17.5. The van der Waals surface area contributed by atoms with Gasteiger partial charge in [-0.1, -0.05) is 49.4 Å².